The summed E-state index contributed by atoms with van der Waals surface area (Å²) in [5.41, 5.74) is 5.34. The molecule has 0 fully saturated rings. The number of sulfonamides is 1. The van der Waals surface area contributed by atoms with Gasteiger partial charge in [0.05, 0.1) is 18.8 Å². The lowest BCUT2D eigenvalue weighted by atomic mass is 10.2. The maximum atomic E-state index is 12.8. The molecule has 0 aliphatic heterocycles. The lowest BCUT2D eigenvalue weighted by molar-refractivity contribution is 0.0170. The molecule has 1 rings (SSSR count). The molecular formula is C10H15ClF2N2O2S. The molecule has 3 N–H and O–H groups in total. The van der Waals surface area contributed by atoms with Gasteiger partial charge in [0, 0.05) is 0 Å². The number of hydrogen-bond acceptors (Lipinski definition) is 3. The first-order valence-electron chi connectivity index (χ1n) is 4.94. The summed E-state index contributed by atoms with van der Waals surface area (Å²) < 4.78 is 50.3. The zero-order valence-electron chi connectivity index (χ0n) is 9.47. The van der Waals surface area contributed by atoms with Crippen LogP contribution in [0.15, 0.2) is 30.3 Å². The molecule has 0 aliphatic rings. The van der Waals surface area contributed by atoms with E-state index in [0.29, 0.717) is 5.56 Å². The number of benzene rings is 1. The molecule has 1 aromatic carbocycles. The van der Waals surface area contributed by atoms with Crippen LogP contribution in [-0.2, 0) is 15.8 Å². The van der Waals surface area contributed by atoms with Crippen LogP contribution in [0.25, 0.3) is 0 Å². The summed E-state index contributed by atoms with van der Waals surface area (Å²) in [7, 11) is -3.76. The zero-order valence-corrected chi connectivity index (χ0v) is 11.1. The van der Waals surface area contributed by atoms with Gasteiger partial charge in [-0.25, -0.2) is 21.9 Å². The third-order valence-electron chi connectivity index (χ3n) is 2.05. The highest BCUT2D eigenvalue weighted by atomic mass is 35.5. The van der Waals surface area contributed by atoms with Crippen LogP contribution in [0.4, 0.5) is 8.78 Å². The Labute approximate surface area is 111 Å². The van der Waals surface area contributed by atoms with Crippen LogP contribution in [0.5, 0.6) is 0 Å². The predicted molar refractivity (Wildman–Crippen MR) is 68.3 cm³/mol. The lowest BCUT2D eigenvalue weighted by Crippen LogP contribution is -2.41. The molecule has 0 bridgehead atoms. The Kier molecular flexibility index (Phi) is 6.69. The van der Waals surface area contributed by atoms with Crippen molar-refractivity contribution in [2.75, 3.05) is 13.1 Å². The van der Waals surface area contributed by atoms with E-state index in [0.717, 1.165) is 0 Å². The minimum Gasteiger partial charge on any atom is -0.325 e. The molecule has 0 spiro atoms. The highest BCUT2D eigenvalue weighted by Gasteiger charge is 2.28. The fourth-order valence-electron chi connectivity index (χ4n) is 1.13. The minimum absolute atomic E-state index is 0. The van der Waals surface area contributed by atoms with E-state index in [2.05, 4.69) is 0 Å². The van der Waals surface area contributed by atoms with Crippen LogP contribution < -0.4 is 10.5 Å². The molecule has 1 aromatic rings. The molecule has 0 saturated carbocycles. The zero-order chi connectivity index (χ0) is 12.9. The first-order chi connectivity index (χ1) is 7.85. The second-order valence-corrected chi connectivity index (χ2v) is 5.43. The van der Waals surface area contributed by atoms with Gasteiger partial charge in [0.2, 0.25) is 10.0 Å². The second-order valence-electron chi connectivity index (χ2n) is 3.63. The summed E-state index contributed by atoms with van der Waals surface area (Å²) in [5, 5.41) is 0. The molecule has 0 aromatic heterocycles. The molecule has 18 heavy (non-hydrogen) atoms. The van der Waals surface area contributed by atoms with Crippen molar-refractivity contribution >= 4 is 22.4 Å². The third kappa shape index (κ3) is 6.25. The normalized spacial score (nSPS) is 11.9. The monoisotopic (exact) mass is 300 g/mol. The Morgan fingerprint density at radius 3 is 2.28 bits per heavy atom. The van der Waals surface area contributed by atoms with Gasteiger partial charge in [0.25, 0.3) is 5.92 Å². The number of nitrogens with one attached hydrogen (secondary N) is 1. The molecule has 0 aliphatic carbocycles. The van der Waals surface area contributed by atoms with E-state index in [1.807, 2.05) is 4.72 Å². The third-order valence-corrected chi connectivity index (χ3v) is 3.35. The molecular weight excluding hydrogens is 286 g/mol. The number of rotatable bonds is 6. The molecule has 0 atom stereocenters. The second kappa shape index (κ2) is 6.98. The van der Waals surface area contributed by atoms with Gasteiger partial charge < -0.3 is 5.73 Å². The molecule has 4 nitrogen and oxygen atoms in total. The van der Waals surface area contributed by atoms with Gasteiger partial charge >= 0.3 is 0 Å². The van der Waals surface area contributed by atoms with E-state index in [1.165, 1.54) is 0 Å². The van der Waals surface area contributed by atoms with Gasteiger partial charge in [0.15, 0.2) is 0 Å². The summed E-state index contributed by atoms with van der Waals surface area (Å²) in [6.45, 7) is -1.86. The topological polar surface area (TPSA) is 72.2 Å². The van der Waals surface area contributed by atoms with E-state index in [4.69, 9.17) is 5.73 Å². The molecule has 0 heterocycles. The van der Waals surface area contributed by atoms with Crippen molar-refractivity contribution < 1.29 is 17.2 Å². The quantitative estimate of drug-likeness (QED) is 0.827. The van der Waals surface area contributed by atoms with Crippen LogP contribution in [-0.4, -0.2) is 27.4 Å². The molecule has 8 heteroatoms. The van der Waals surface area contributed by atoms with Crippen molar-refractivity contribution in [2.45, 2.75) is 11.7 Å². The van der Waals surface area contributed by atoms with E-state index in [-0.39, 0.29) is 18.2 Å². The van der Waals surface area contributed by atoms with E-state index in [9.17, 15) is 17.2 Å². The van der Waals surface area contributed by atoms with Gasteiger partial charge in [-0.15, -0.1) is 12.4 Å². The van der Waals surface area contributed by atoms with Crippen LogP contribution in [0.1, 0.15) is 5.56 Å². The van der Waals surface area contributed by atoms with Crippen LogP contribution >= 0.6 is 12.4 Å². The van der Waals surface area contributed by atoms with Gasteiger partial charge in [-0.3, -0.25) is 0 Å². The average molecular weight is 301 g/mol. The smallest absolute Gasteiger partial charge is 0.273 e. The number of halogens is 3. The minimum atomic E-state index is -3.76. The summed E-state index contributed by atoms with van der Waals surface area (Å²) in [4.78, 5) is 0. The summed E-state index contributed by atoms with van der Waals surface area (Å²) >= 11 is 0. The van der Waals surface area contributed by atoms with Gasteiger partial charge in [-0.05, 0) is 5.56 Å². The summed E-state index contributed by atoms with van der Waals surface area (Å²) in [6, 6.07) is 8.32. The van der Waals surface area contributed by atoms with Crippen LogP contribution in [0.3, 0.4) is 0 Å². The Bertz CT molecular complexity index is 454. The van der Waals surface area contributed by atoms with E-state index >= 15 is 0 Å². The standard InChI is InChI=1S/C10H14F2N2O2S.ClH/c11-10(12,7-13)8-14-17(15,16)6-9-4-2-1-3-5-9;/h1-5,14H,6-8,13H2;1H. The Morgan fingerprint density at radius 1 is 1.22 bits per heavy atom. The average Bonchev–Trinajstić information content (AvgIpc) is 2.28. The van der Waals surface area contributed by atoms with Crippen molar-refractivity contribution in [1.29, 1.82) is 0 Å². The summed E-state index contributed by atoms with van der Waals surface area (Å²) in [6.07, 6.45) is 0. The van der Waals surface area contributed by atoms with Gasteiger partial charge in [0.1, 0.15) is 0 Å². The molecule has 0 saturated heterocycles. The number of alkyl halides is 2. The maximum Gasteiger partial charge on any atom is 0.273 e. The Balaban J connectivity index is 0.00000289. The van der Waals surface area contributed by atoms with Crippen molar-refractivity contribution in [1.82, 2.24) is 4.72 Å². The lowest BCUT2D eigenvalue weighted by Gasteiger charge is -2.14. The van der Waals surface area contributed by atoms with Crippen molar-refractivity contribution in [3.8, 4) is 0 Å². The predicted octanol–water partition coefficient (Wildman–Crippen LogP) is 1.12. The fraction of sp³-hybridized carbons (Fsp3) is 0.400. The first-order valence-corrected chi connectivity index (χ1v) is 6.59. The molecule has 104 valence electrons. The summed E-state index contributed by atoms with van der Waals surface area (Å²) in [5.74, 6) is -3.54. The Morgan fingerprint density at radius 2 is 1.78 bits per heavy atom. The van der Waals surface area contributed by atoms with Gasteiger partial charge in [-0.2, -0.15) is 0 Å². The Hall–Kier alpha value is -0.760. The fourth-order valence-corrected chi connectivity index (χ4v) is 2.30. The van der Waals surface area contributed by atoms with Crippen LogP contribution in [0.2, 0.25) is 0 Å². The van der Waals surface area contributed by atoms with E-state index in [1.54, 1.807) is 30.3 Å². The largest absolute Gasteiger partial charge is 0.325 e. The highest BCUT2D eigenvalue weighted by molar-refractivity contribution is 7.88. The first kappa shape index (κ1) is 17.2. The number of hydrogen-bond donors (Lipinski definition) is 2. The van der Waals surface area contributed by atoms with Crippen molar-refractivity contribution in [3.05, 3.63) is 35.9 Å². The van der Waals surface area contributed by atoms with Crippen molar-refractivity contribution in [3.63, 3.8) is 0 Å². The number of nitrogens with two attached hydrogens (primary N) is 1. The van der Waals surface area contributed by atoms with Crippen molar-refractivity contribution in [2.24, 2.45) is 5.73 Å². The van der Waals surface area contributed by atoms with Crippen LogP contribution in [0, 0.1) is 0 Å². The molecule has 0 unspecified atom stereocenters. The molecule has 0 amide bonds. The SMILES string of the molecule is Cl.NCC(F)(F)CNS(=O)(=O)Cc1ccccc1. The highest BCUT2D eigenvalue weighted by Crippen LogP contribution is 2.10. The maximum absolute atomic E-state index is 12.8. The molecule has 0 radical (unpaired) electrons. The van der Waals surface area contributed by atoms with E-state index < -0.39 is 29.0 Å². The van der Waals surface area contributed by atoms with Gasteiger partial charge in [-0.1, -0.05) is 30.3 Å².